The van der Waals surface area contributed by atoms with Crippen molar-refractivity contribution in [3.05, 3.63) is 70.3 Å². The first-order chi connectivity index (χ1) is 11.5. The van der Waals surface area contributed by atoms with E-state index in [2.05, 4.69) is 15.3 Å². The van der Waals surface area contributed by atoms with E-state index in [0.717, 1.165) is 11.3 Å². The first-order valence-electron chi connectivity index (χ1n) is 7.34. The van der Waals surface area contributed by atoms with Crippen molar-refractivity contribution in [2.45, 2.75) is 6.92 Å². The first kappa shape index (κ1) is 15.7. The Kier molecular flexibility index (Phi) is 4.29. The van der Waals surface area contributed by atoms with Crippen LogP contribution in [0.1, 0.15) is 5.56 Å². The minimum absolute atomic E-state index is 0.280. The number of hydrogen-bond donors (Lipinski definition) is 2. The van der Waals surface area contributed by atoms with Gasteiger partial charge in [0, 0.05) is 17.3 Å². The van der Waals surface area contributed by atoms with Crippen molar-refractivity contribution in [3.63, 3.8) is 0 Å². The van der Waals surface area contributed by atoms with Crippen LogP contribution in [0.4, 0.5) is 16.0 Å². The molecule has 0 bridgehead atoms. The fourth-order valence-corrected chi connectivity index (χ4v) is 2.29. The lowest BCUT2D eigenvalue weighted by Gasteiger charge is -2.09. The van der Waals surface area contributed by atoms with Crippen LogP contribution in [0.2, 0.25) is 0 Å². The third-order valence-corrected chi connectivity index (χ3v) is 3.55. The normalized spacial score (nSPS) is 10.5. The van der Waals surface area contributed by atoms with Crippen molar-refractivity contribution >= 4 is 11.6 Å². The number of halogens is 1. The number of benzene rings is 2. The van der Waals surface area contributed by atoms with Gasteiger partial charge in [0.15, 0.2) is 0 Å². The monoisotopic (exact) mass is 325 g/mol. The maximum absolute atomic E-state index is 13.3. The number of nitrogens with zero attached hydrogens (tertiary/aromatic N) is 1. The number of aryl methyl sites for hydroxylation is 1. The molecule has 0 saturated carbocycles. The Hall–Kier alpha value is -3.15. The van der Waals surface area contributed by atoms with E-state index in [9.17, 15) is 9.18 Å². The van der Waals surface area contributed by atoms with Gasteiger partial charge in [0.25, 0.3) is 5.56 Å². The summed E-state index contributed by atoms with van der Waals surface area (Å²) in [6.07, 6.45) is 0. The summed E-state index contributed by atoms with van der Waals surface area (Å²) in [5.74, 6) is 0.733. The van der Waals surface area contributed by atoms with Crippen molar-refractivity contribution in [1.29, 1.82) is 0 Å². The number of rotatable bonds is 4. The molecule has 1 aromatic heterocycles. The van der Waals surface area contributed by atoms with Gasteiger partial charge in [-0.2, -0.15) is 0 Å². The minimum Gasteiger partial charge on any atom is -0.497 e. The fraction of sp³-hybridized carbons (Fsp3) is 0.111. The maximum Gasteiger partial charge on any atom is 0.252 e. The highest BCUT2D eigenvalue weighted by Gasteiger charge is 2.06. The Balaban J connectivity index is 1.93. The van der Waals surface area contributed by atoms with E-state index in [4.69, 9.17) is 4.74 Å². The Morgan fingerprint density at radius 1 is 1.12 bits per heavy atom. The van der Waals surface area contributed by atoms with Crippen molar-refractivity contribution in [2.24, 2.45) is 0 Å². The molecule has 122 valence electrons. The van der Waals surface area contributed by atoms with Crippen LogP contribution in [-0.4, -0.2) is 17.1 Å². The molecule has 3 aromatic rings. The molecule has 3 rings (SSSR count). The van der Waals surface area contributed by atoms with Crippen LogP contribution in [0.25, 0.3) is 11.3 Å². The van der Waals surface area contributed by atoms with Crippen LogP contribution in [0.5, 0.6) is 5.75 Å². The molecule has 0 amide bonds. The van der Waals surface area contributed by atoms with Gasteiger partial charge in [-0.15, -0.1) is 0 Å². The topological polar surface area (TPSA) is 67.0 Å². The summed E-state index contributed by atoms with van der Waals surface area (Å²) in [5, 5.41) is 2.99. The molecule has 0 aliphatic carbocycles. The lowest BCUT2D eigenvalue weighted by molar-refractivity contribution is 0.415. The average Bonchev–Trinajstić information content (AvgIpc) is 2.58. The van der Waals surface area contributed by atoms with E-state index in [1.54, 1.807) is 38.3 Å². The van der Waals surface area contributed by atoms with Crippen molar-refractivity contribution in [1.82, 2.24) is 9.97 Å². The summed E-state index contributed by atoms with van der Waals surface area (Å²) in [5.41, 5.74) is 2.19. The highest BCUT2D eigenvalue weighted by molar-refractivity contribution is 5.62. The number of H-pyrrole nitrogens is 1. The van der Waals surface area contributed by atoms with Crippen LogP contribution in [-0.2, 0) is 0 Å². The Morgan fingerprint density at radius 3 is 2.54 bits per heavy atom. The second kappa shape index (κ2) is 6.54. The molecule has 0 aliphatic rings. The van der Waals surface area contributed by atoms with Crippen LogP contribution < -0.4 is 15.6 Å². The molecule has 0 atom stereocenters. The number of aromatic amines is 1. The lowest BCUT2D eigenvalue weighted by atomic mass is 10.1. The minimum atomic E-state index is -0.283. The molecular formula is C18H16FN3O2. The van der Waals surface area contributed by atoms with Gasteiger partial charge in [-0.3, -0.25) is 9.78 Å². The highest BCUT2D eigenvalue weighted by Crippen LogP contribution is 2.21. The predicted octanol–water partition coefficient (Wildman–Crippen LogP) is 3.64. The molecule has 2 N–H and O–H groups in total. The van der Waals surface area contributed by atoms with E-state index in [0.29, 0.717) is 22.9 Å². The third-order valence-electron chi connectivity index (χ3n) is 3.55. The standard InChI is InChI=1S/C18H16FN3O2/c1-11-9-13(5-8-15(11)19)20-18-21-16(10-17(23)22-18)12-3-6-14(24-2)7-4-12/h3-10H,1-2H3,(H2,20,21,22,23). The molecule has 0 fully saturated rings. The van der Waals surface area contributed by atoms with Gasteiger partial charge in [0.1, 0.15) is 11.6 Å². The van der Waals surface area contributed by atoms with Crippen LogP contribution in [0.15, 0.2) is 53.3 Å². The molecule has 0 unspecified atom stereocenters. The lowest BCUT2D eigenvalue weighted by Crippen LogP contribution is -2.10. The van der Waals surface area contributed by atoms with Gasteiger partial charge in [-0.25, -0.2) is 9.37 Å². The zero-order valence-corrected chi connectivity index (χ0v) is 13.3. The predicted molar refractivity (Wildman–Crippen MR) is 91.3 cm³/mol. The van der Waals surface area contributed by atoms with Crippen LogP contribution >= 0.6 is 0 Å². The van der Waals surface area contributed by atoms with Gasteiger partial charge in [0.2, 0.25) is 5.95 Å². The summed E-state index contributed by atoms with van der Waals surface area (Å²) in [4.78, 5) is 18.9. The van der Waals surface area contributed by atoms with E-state index in [1.807, 2.05) is 12.1 Å². The van der Waals surface area contributed by atoms with Crippen LogP contribution in [0, 0.1) is 12.7 Å². The molecule has 5 nitrogen and oxygen atoms in total. The number of hydrogen-bond acceptors (Lipinski definition) is 4. The molecule has 0 spiro atoms. The van der Waals surface area contributed by atoms with Gasteiger partial charge < -0.3 is 10.1 Å². The van der Waals surface area contributed by atoms with Gasteiger partial charge in [0.05, 0.1) is 12.8 Å². The molecule has 0 saturated heterocycles. The van der Waals surface area contributed by atoms with Gasteiger partial charge >= 0.3 is 0 Å². The van der Waals surface area contributed by atoms with E-state index in [1.165, 1.54) is 12.1 Å². The highest BCUT2D eigenvalue weighted by atomic mass is 19.1. The van der Waals surface area contributed by atoms with Crippen LogP contribution in [0.3, 0.4) is 0 Å². The molecule has 0 radical (unpaired) electrons. The quantitative estimate of drug-likeness (QED) is 0.768. The molecule has 24 heavy (non-hydrogen) atoms. The number of anilines is 2. The molecule has 6 heteroatoms. The number of methoxy groups -OCH3 is 1. The SMILES string of the molecule is COc1ccc(-c2cc(=O)[nH]c(Nc3ccc(F)c(C)c3)n2)cc1. The summed E-state index contributed by atoms with van der Waals surface area (Å²) >= 11 is 0. The van der Waals surface area contributed by atoms with Gasteiger partial charge in [-0.1, -0.05) is 0 Å². The van der Waals surface area contributed by atoms with Crippen molar-refractivity contribution in [3.8, 4) is 17.0 Å². The Labute approximate surface area is 138 Å². The van der Waals surface area contributed by atoms with Gasteiger partial charge in [-0.05, 0) is 55.0 Å². The molecular weight excluding hydrogens is 309 g/mol. The second-order valence-corrected chi connectivity index (χ2v) is 5.30. The van der Waals surface area contributed by atoms with Crippen molar-refractivity contribution in [2.75, 3.05) is 12.4 Å². The summed E-state index contributed by atoms with van der Waals surface area (Å²) in [6.45, 7) is 1.67. The van der Waals surface area contributed by atoms with Crippen molar-refractivity contribution < 1.29 is 9.13 Å². The Morgan fingerprint density at radius 2 is 1.88 bits per heavy atom. The fourth-order valence-electron chi connectivity index (χ4n) is 2.29. The Bertz CT molecular complexity index is 920. The van der Waals surface area contributed by atoms with E-state index < -0.39 is 0 Å². The largest absolute Gasteiger partial charge is 0.497 e. The third kappa shape index (κ3) is 3.43. The maximum atomic E-state index is 13.3. The number of ether oxygens (including phenoxy) is 1. The number of nitrogens with one attached hydrogen (secondary N) is 2. The average molecular weight is 325 g/mol. The molecule has 2 aromatic carbocycles. The smallest absolute Gasteiger partial charge is 0.252 e. The zero-order chi connectivity index (χ0) is 17.1. The molecule has 1 heterocycles. The summed E-state index contributed by atoms with van der Waals surface area (Å²) in [7, 11) is 1.59. The zero-order valence-electron chi connectivity index (χ0n) is 13.3. The first-order valence-corrected chi connectivity index (χ1v) is 7.34. The van der Waals surface area contributed by atoms with E-state index >= 15 is 0 Å². The summed E-state index contributed by atoms with van der Waals surface area (Å²) in [6, 6.07) is 13.3. The summed E-state index contributed by atoms with van der Waals surface area (Å²) < 4.78 is 18.5. The second-order valence-electron chi connectivity index (χ2n) is 5.30. The molecule has 0 aliphatic heterocycles. The van der Waals surface area contributed by atoms with E-state index in [-0.39, 0.29) is 11.4 Å². The number of aromatic nitrogens is 2.